The summed E-state index contributed by atoms with van der Waals surface area (Å²) in [4.78, 5) is 2.40. The smallest absolute Gasteiger partial charge is 0.125 e. The van der Waals surface area contributed by atoms with Gasteiger partial charge in [0.2, 0.25) is 0 Å². The second-order valence-electron chi connectivity index (χ2n) is 5.27. The normalized spacial score (nSPS) is 25.3. The van der Waals surface area contributed by atoms with E-state index in [9.17, 15) is 4.39 Å². The van der Waals surface area contributed by atoms with Crippen LogP contribution in [-0.2, 0) is 0 Å². The first-order chi connectivity index (χ1) is 9.15. The number of nitrogens with zero attached hydrogens (tertiary/aromatic N) is 1. The number of hydrogen-bond donors (Lipinski definition) is 1. The molecular formula is C15H22ClFN2. The van der Waals surface area contributed by atoms with E-state index in [2.05, 4.69) is 11.8 Å². The molecule has 0 saturated carbocycles. The minimum absolute atomic E-state index is 0.186. The van der Waals surface area contributed by atoms with Gasteiger partial charge in [-0.25, -0.2) is 4.39 Å². The lowest BCUT2D eigenvalue weighted by Gasteiger charge is -2.34. The topological polar surface area (TPSA) is 29.3 Å². The maximum Gasteiger partial charge on any atom is 0.125 e. The van der Waals surface area contributed by atoms with Gasteiger partial charge < -0.3 is 5.73 Å². The molecule has 1 saturated heterocycles. The van der Waals surface area contributed by atoms with E-state index in [1.54, 1.807) is 6.07 Å². The molecule has 19 heavy (non-hydrogen) atoms. The molecule has 0 bridgehead atoms. The number of halogens is 2. The van der Waals surface area contributed by atoms with Crippen molar-refractivity contribution in [3.63, 3.8) is 0 Å². The van der Waals surface area contributed by atoms with Crippen LogP contribution in [0.15, 0.2) is 18.2 Å². The number of nitrogens with two attached hydrogens (primary N) is 1. The Hall–Kier alpha value is -0.640. The second kappa shape index (κ2) is 6.69. The maximum atomic E-state index is 13.6. The van der Waals surface area contributed by atoms with Crippen LogP contribution in [0.4, 0.5) is 4.39 Å². The Morgan fingerprint density at radius 2 is 2.16 bits per heavy atom. The third-order valence-electron chi connectivity index (χ3n) is 4.05. The lowest BCUT2D eigenvalue weighted by atomic mass is 9.89. The Bertz CT molecular complexity index is 390. The Balaban J connectivity index is 2.38. The van der Waals surface area contributed by atoms with Crippen LogP contribution in [-0.4, -0.2) is 24.5 Å². The molecule has 1 aromatic rings. The summed E-state index contributed by atoms with van der Waals surface area (Å²) in [5.41, 5.74) is 6.90. The third kappa shape index (κ3) is 3.47. The predicted molar refractivity (Wildman–Crippen MR) is 77.8 cm³/mol. The van der Waals surface area contributed by atoms with Crippen molar-refractivity contribution in [2.45, 2.75) is 32.2 Å². The van der Waals surface area contributed by atoms with Crippen molar-refractivity contribution in [2.24, 2.45) is 11.7 Å². The Labute approximate surface area is 119 Å². The number of hydrogen-bond acceptors (Lipinski definition) is 2. The number of likely N-dealkylation sites (tertiary alicyclic amines) is 1. The molecule has 106 valence electrons. The van der Waals surface area contributed by atoms with Gasteiger partial charge in [0.1, 0.15) is 5.82 Å². The molecule has 0 aliphatic carbocycles. The molecule has 1 fully saturated rings. The minimum Gasteiger partial charge on any atom is -0.330 e. The van der Waals surface area contributed by atoms with Crippen molar-refractivity contribution in [2.75, 3.05) is 19.6 Å². The van der Waals surface area contributed by atoms with Crippen molar-refractivity contribution in [3.05, 3.63) is 34.6 Å². The van der Waals surface area contributed by atoms with Crippen LogP contribution >= 0.6 is 11.6 Å². The van der Waals surface area contributed by atoms with E-state index >= 15 is 0 Å². The summed E-state index contributed by atoms with van der Waals surface area (Å²) in [6, 6.07) is 5.03. The summed E-state index contributed by atoms with van der Waals surface area (Å²) in [5.74, 6) is 0.110. The van der Waals surface area contributed by atoms with Crippen molar-refractivity contribution in [1.29, 1.82) is 0 Å². The first kappa shape index (κ1) is 14.8. The molecular weight excluding hydrogens is 263 g/mol. The van der Waals surface area contributed by atoms with Crippen LogP contribution in [0.3, 0.4) is 0 Å². The van der Waals surface area contributed by atoms with Crippen molar-refractivity contribution < 1.29 is 4.39 Å². The maximum absolute atomic E-state index is 13.6. The molecule has 0 radical (unpaired) electrons. The quantitative estimate of drug-likeness (QED) is 0.919. The van der Waals surface area contributed by atoms with Gasteiger partial charge in [-0.05, 0) is 62.2 Å². The predicted octanol–water partition coefficient (Wildman–Crippen LogP) is 3.60. The van der Waals surface area contributed by atoms with Crippen LogP contribution in [0, 0.1) is 11.7 Å². The zero-order valence-electron chi connectivity index (χ0n) is 11.4. The Morgan fingerprint density at radius 3 is 2.79 bits per heavy atom. The highest BCUT2D eigenvalue weighted by molar-refractivity contribution is 6.30. The molecule has 2 unspecified atom stereocenters. The van der Waals surface area contributed by atoms with Gasteiger partial charge in [0.05, 0.1) is 0 Å². The Morgan fingerprint density at radius 1 is 1.37 bits per heavy atom. The molecule has 1 aliphatic rings. The van der Waals surface area contributed by atoms with Gasteiger partial charge in [-0.2, -0.15) is 0 Å². The number of benzene rings is 1. The SMILES string of the molecule is CCN1CCCCC(CN)C1c1cc(F)cc(Cl)c1. The fourth-order valence-electron chi connectivity index (χ4n) is 3.15. The van der Waals surface area contributed by atoms with Gasteiger partial charge >= 0.3 is 0 Å². The molecule has 2 atom stereocenters. The standard InChI is InChI=1S/C15H22ClFN2/c1-2-19-6-4-3-5-11(10-18)15(19)12-7-13(16)9-14(17)8-12/h7-9,11,15H,2-6,10,18H2,1H3. The summed E-state index contributed by atoms with van der Waals surface area (Å²) in [6.07, 6.45) is 3.48. The van der Waals surface area contributed by atoms with Crippen LogP contribution in [0.5, 0.6) is 0 Å². The first-order valence-electron chi connectivity index (χ1n) is 7.05. The fourth-order valence-corrected chi connectivity index (χ4v) is 3.38. The third-order valence-corrected chi connectivity index (χ3v) is 4.26. The van der Waals surface area contributed by atoms with Crippen LogP contribution < -0.4 is 5.73 Å². The molecule has 0 spiro atoms. The molecule has 0 aromatic heterocycles. The van der Waals surface area contributed by atoms with Gasteiger partial charge in [-0.3, -0.25) is 4.90 Å². The summed E-state index contributed by atoms with van der Waals surface area (Å²) in [5, 5.41) is 0.464. The first-order valence-corrected chi connectivity index (χ1v) is 7.43. The van der Waals surface area contributed by atoms with Gasteiger partial charge in [0.15, 0.2) is 0 Å². The molecule has 2 rings (SSSR count). The largest absolute Gasteiger partial charge is 0.330 e. The fraction of sp³-hybridized carbons (Fsp3) is 0.600. The molecule has 0 amide bonds. The molecule has 4 heteroatoms. The molecule has 2 nitrogen and oxygen atoms in total. The van der Waals surface area contributed by atoms with Crippen LogP contribution in [0.1, 0.15) is 37.8 Å². The van der Waals surface area contributed by atoms with Gasteiger partial charge in [0, 0.05) is 11.1 Å². The summed E-state index contributed by atoms with van der Waals surface area (Å²) < 4.78 is 13.6. The van der Waals surface area contributed by atoms with E-state index < -0.39 is 0 Å². The lowest BCUT2D eigenvalue weighted by Crippen LogP contribution is -2.35. The Kier molecular flexibility index (Phi) is 5.20. The highest BCUT2D eigenvalue weighted by atomic mass is 35.5. The molecule has 1 aliphatic heterocycles. The van der Waals surface area contributed by atoms with Crippen LogP contribution in [0.25, 0.3) is 0 Å². The average Bonchev–Trinajstić information content (AvgIpc) is 2.58. The highest BCUT2D eigenvalue weighted by Crippen LogP contribution is 2.35. The second-order valence-corrected chi connectivity index (χ2v) is 5.70. The highest BCUT2D eigenvalue weighted by Gasteiger charge is 2.29. The summed E-state index contributed by atoms with van der Waals surface area (Å²) in [6.45, 7) is 4.78. The van der Waals surface area contributed by atoms with Crippen LogP contribution in [0.2, 0.25) is 5.02 Å². The molecule has 1 aromatic carbocycles. The van der Waals surface area contributed by atoms with E-state index in [4.69, 9.17) is 17.3 Å². The van der Waals surface area contributed by atoms with Gasteiger partial charge in [-0.1, -0.05) is 24.9 Å². The monoisotopic (exact) mass is 284 g/mol. The van der Waals surface area contributed by atoms with Crippen molar-refractivity contribution >= 4 is 11.6 Å². The van der Waals surface area contributed by atoms with E-state index in [1.807, 2.05) is 6.07 Å². The number of rotatable bonds is 3. The van der Waals surface area contributed by atoms with Gasteiger partial charge in [0.25, 0.3) is 0 Å². The van der Waals surface area contributed by atoms with Gasteiger partial charge in [-0.15, -0.1) is 0 Å². The summed E-state index contributed by atoms with van der Waals surface area (Å²) >= 11 is 6.00. The minimum atomic E-state index is -0.265. The summed E-state index contributed by atoms with van der Waals surface area (Å²) in [7, 11) is 0. The van der Waals surface area contributed by atoms with E-state index in [1.165, 1.54) is 18.9 Å². The molecule has 2 N–H and O–H groups in total. The van der Waals surface area contributed by atoms with E-state index in [0.717, 1.165) is 25.1 Å². The average molecular weight is 285 g/mol. The van der Waals surface area contributed by atoms with Crippen molar-refractivity contribution in [3.8, 4) is 0 Å². The molecule has 1 heterocycles. The zero-order chi connectivity index (χ0) is 13.8. The van der Waals surface area contributed by atoms with E-state index in [-0.39, 0.29) is 11.9 Å². The van der Waals surface area contributed by atoms with Crippen molar-refractivity contribution in [1.82, 2.24) is 4.90 Å². The lowest BCUT2D eigenvalue weighted by molar-refractivity contribution is 0.166. The zero-order valence-corrected chi connectivity index (χ0v) is 12.2. The van der Waals surface area contributed by atoms with E-state index in [0.29, 0.717) is 17.5 Å².